The van der Waals surface area contributed by atoms with Gasteiger partial charge in [0.2, 0.25) is 0 Å². The van der Waals surface area contributed by atoms with Crippen LogP contribution in [-0.4, -0.2) is 37.2 Å². The summed E-state index contributed by atoms with van der Waals surface area (Å²) in [7, 11) is 0. The lowest BCUT2D eigenvalue weighted by Crippen LogP contribution is -2.30. The van der Waals surface area contributed by atoms with E-state index in [1.807, 2.05) is 36.5 Å². The highest BCUT2D eigenvalue weighted by Crippen LogP contribution is 2.12. The molecule has 0 aliphatic rings. The lowest BCUT2D eigenvalue weighted by molar-refractivity contribution is -0.167. The zero-order chi connectivity index (χ0) is 45.1. The average Bonchev–Trinajstić information content (AvgIpc) is 3.27. The first kappa shape index (κ1) is 57.8. The maximum atomic E-state index is 12.8. The van der Waals surface area contributed by atoms with E-state index >= 15 is 0 Å². The Kier molecular flexibility index (Phi) is 46.1. The van der Waals surface area contributed by atoms with E-state index in [0.29, 0.717) is 19.3 Å². The van der Waals surface area contributed by atoms with Crippen molar-refractivity contribution in [2.45, 2.75) is 200 Å². The molecular weight excluding hydrogens is 769 g/mol. The fourth-order valence-electron chi connectivity index (χ4n) is 6.09. The lowest BCUT2D eigenvalue weighted by atomic mass is 10.1. The van der Waals surface area contributed by atoms with Crippen molar-refractivity contribution in [3.63, 3.8) is 0 Å². The molecule has 0 bridgehead atoms. The lowest BCUT2D eigenvalue weighted by Gasteiger charge is -2.18. The van der Waals surface area contributed by atoms with Gasteiger partial charge in [0.05, 0.1) is 0 Å². The Morgan fingerprint density at radius 2 is 0.726 bits per heavy atom. The average molecular weight is 857 g/mol. The van der Waals surface area contributed by atoms with E-state index in [0.717, 1.165) is 128 Å². The normalized spacial score (nSPS) is 13.1. The minimum atomic E-state index is -0.812. The molecule has 1 atom stereocenters. The Morgan fingerprint density at radius 1 is 0.355 bits per heavy atom. The van der Waals surface area contributed by atoms with Crippen LogP contribution in [0.25, 0.3) is 0 Å². The Balaban J connectivity index is 4.51. The summed E-state index contributed by atoms with van der Waals surface area (Å²) >= 11 is 0. The minimum absolute atomic E-state index is 0.110. The fourth-order valence-corrected chi connectivity index (χ4v) is 6.09. The van der Waals surface area contributed by atoms with E-state index in [9.17, 15) is 14.4 Å². The van der Waals surface area contributed by atoms with Crippen LogP contribution in [0.15, 0.2) is 122 Å². The summed E-state index contributed by atoms with van der Waals surface area (Å²) in [6, 6.07) is 0. The van der Waals surface area contributed by atoms with Crippen LogP contribution in [0.2, 0.25) is 0 Å². The smallest absolute Gasteiger partial charge is 0.306 e. The molecule has 0 saturated carbocycles. The van der Waals surface area contributed by atoms with Gasteiger partial charge in [-0.1, -0.05) is 200 Å². The van der Waals surface area contributed by atoms with Gasteiger partial charge in [-0.15, -0.1) is 0 Å². The molecule has 0 aliphatic carbocycles. The molecule has 0 fully saturated rings. The summed E-state index contributed by atoms with van der Waals surface area (Å²) in [6.07, 6.45) is 67.5. The third kappa shape index (κ3) is 46.9. The standard InChI is InChI=1S/C56H88O6/c1-4-7-10-13-16-19-22-24-26-28-29-31-32-34-37-40-43-46-49-55(58)61-52-53(51-60-54(57)48-45-42-39-36-21-18-15-12-9-6-3)62-56(59)50-47-44-41-38-35-33-30-27-25-23-20-17-14-11-8-5-2/h8,10-11,13,15-20,22,24-29,31,33,35,53H,4-7,9,12,14,21,23,30,32,34,36-52H2,1-3H3/b11-8-,13-10-,18-15-,19-16-,20-17-,24-22-,27-25-,28-26-,31-29-,35-33-. The highest BCUT2D eigenvalue weighted by molar-refractivity contribution is 5.71. The summed E-state index contributed by atoms with van der Waals surface area (Å²) in [5.74, 6) is -0.990. The van der Waals surface area contributed by atoms with Crippen molar-refractivity contribution in [3.8, 4) is 0 Å². The van der Waals surface area contributed by atoms with Crippen LogP contribution in [0, 0.1) is 0 Å². The number of allylic oxidation sites excluding steroid dienone is 20. The number of carbonyl (C=O) groups excluding carboxylic acids is 3. The predicted octanol–water partition coefficient (Wildman–Crippen LogP) is 16.1. The van der Waals surface area contributed by atoms with Crippen molar-refractivity contribution in [3.05, 3.63) is 122 Å². The number of rotatable bonds is 42. The number of unbranched alkanes of at least 4 members (excludes halogenated alkanes) is 15. The maximum absolute atomic E-state index is 12.8. The molecule has 0 aromatic carbocycles. The third-order valence-corrected chi connectivity index (χ3v) is 9.78. The van der Waals surface area contributed by atoms with Crippen molar-refractivity contribution in [2.24, 2.45) is 0 Å². The van der Waals surface area contributed by atoms with Gasteiger partial charge in [-0.25, -0.2) is 0 Å². The van der Waals surface area contributed by atoms with E-state index < -0.39 is 6.10 Å². The predicted molar refractivity (Wildman–Crippen MR) is 265 cm³/mol. The van der Waals surface area contributed by atoms with E-state index in [-0.39, 0.29) is 37.5 Å². The summed E-state index contributed by atoms with van der Waals surface area (Å²) in [5.41, 5.74) is 0. The maximum Gasteiger partial charge on any atom is 0.306 e. The topological polar surface area (TPSA) is 78.9 Å². The highest BCUT2D eigenvalue weighted by Gasteiger charge is 2.19. The zero-order valence-electron chi connectivity index (χ0n) is 39.6. The molecule has 348 valence electrons. The molecule has 0 heterocycles. The zero-order valence-corrected chi connectivity index (χ0v) is 39.6. The van der Waals surface area contributed by atoms with Crippen molar-refractivity contribution in [1.29, 1.82) is 0 Å². The second-order valence-electron chi connectivity index (χ2n) is 15.8. The molecule has 0 aromatic heterocycles. The number of ether oxygens (including phenoxy) is 3. The molecule has 0 spiro atoms. The van der Waals surface area contributed by atoms with E-state index in [1.165, 1.54) is 19.3 Å². The molecule has 1 unspecified atom stereocenters. The quantitative estimate of drug-likeness (QED) is 0.0200. The summed E-state index contributed by atoms with van der Waals surface area (Å²) in [6.45, 7) is 6.30. The van der Waals surface area contributed by atoms with Crippen molar-refractivity contribution in [1.82, 2.24) is 0 Å². The number of carbonyl (C=O) groups is 3. The second kappa shape index (κ2) is 49.5. The van der Waals surface area contributed by atoms with E-state index in [4.69, 9.17) is 14.2 Å². The molecule has 0 aromatic rings. The molecule has 6 heteroatoms. The Labute approximate surface area is 380 Å². The molecule has 0 aliphatic heterocycles. The Morgan fingerprint density at radius 3 is 1.23 bits per heavy atom. The third-order valence-electron chi connectivity index (χ3n) is 9.78. The van der Waals surface area contributed by atoms with Gasteiger partial charge in [0.1, 0.15) is 13.2 Å². The van der Waals surface area contributed by atoms with Crippen LogP contribution >= 0.6 is 0 Å². The molecule has 0 radical (unpaired) electrons. The van der Waals surface area contributed by atoms with Crippen LogP contribution < -0.4 is 0 Å². The van der Waals surface area contributed by atoms with Gasteiger partial charge >= 0.3 is 17.9 Å². The summed E-state index contributed by atoms with van der Waals surface area (Å²) in [5, 5.41) is 0. The molecule has 0 saturated heterocycles. The van der Waals surface area contributed by atoms with Gasteiger partial charge < -0.3 is 14.2 Å². The summed E-state index contributed by atoms with van der Waals surface area (Å²) < 4.78 is 16.7. The molecule has 0 rings (SSSR count). The Bertz CT molecular complexity index is 1350. The van der Waals surface area contributed by atoms with Gasteiger partial charge in [-0.05, 0) is 96.3 Å². The van der Waals surface area contributed by atoms with Gasteiger partial charge in [-0.2, -0.15) is 0 Å². The molecule has 0 N–H and O–H groups in total. The van der Waals surface area contributed by atoms with E-state index in [1.54, 1.807) is 0 Å². The first-order valence-corrected chi connectivity index (χ1v) is 24.6. The van der Waals surface area contributed by atoms with Gasteiger partial charge in [-0.3, -0.25) is 14.4 Å². The van der Waals surface area contributed by atoms with Crippen LogP contribution in [0.4, 0.5) is 0 Å². The van der Waals surface area contributed by atoms with E-state index in [2.05, 4.69) is 106 Å². The fraction of sp³-hybridized carbons (Fsp3) is 0.589. The van der Waals surface area contributed by atoms with Crippen molar-refractivity contribution >= 4 is 17.9 Å². The first-order chi connectivity index (χ1) is 30.5. The van der Waals surface area contributed by atoms with Gasteiger partial charge in [0.25, 0.3) is 0 Å². The van der Waals surface area contributed by atoms with Crippen LogP contribution in [0.1, 0.15) is 194 Å². The van der Waals surface area contributed by atoms with Gasteiger partial charge in [0.15, 0.2) is 6.10 Å². The van der Waals surface area contributed by atoms with Crippen LogP contribution in [0.3, 0.4) is 0 Å². The first-order valence-electron chi connectivity index (χ1n) is 24.6. The number of hydrogen-bond donors (Lipinski definition) is 0. The molecular formula is C56H88O6. The second-order valence-corrected chi connectivity index (χ2v) is 15.8. The van der Waals surface area contributed by atoms with Crippen molar-refractivity contribution < 1.29 is 28.6 Å². The molecule has 6 nitrogen and oxygen atoms in total. The molecule has 0 amide bonds. The van der Waals surface area contributed by atoms with Crippen molar-refractivity contribution in [2.75, 3.05) is 13.2 Å². The van der Waals surface area contributed by atoms with Gasteiger partial charge in [0, 0.05) is 19.3 Å². The highest BCUT2D eigenvalue weighted by atomic mass is 16.6. The SMILES string of the molecule is CC/C=C\C/C=C\C/C=C\C/C=C\CCCCCC(=O)OC(COC(=O)CCCCCC/C=C\CCCC)COC(=O)CCCCCCC\C=C/C=C\C=C/C=C\C=C/CCC. The largest absolute Gasteiger partial charge is 0.462 e. The number of hydrogen-bond acceptors (Lipinski definition) is 6. The minimum Gasteiger partial charge on any atom is -0.462 e. The monoisotopic (exact) mass is 857 g/mol. The molecule has 62 heavy (non-hydrogen) atoms. The van der Waals surface area contributed by atoms with Crippen LogP contribution in [0.5, 0.6) is 0 Å². The summed E-state index contributed by atoms with van der Waals surface area (Å²) in [4.78, 5) is 37.9. The van der Waals surface area contributed by atoms with Crippen LogP contribution in [-0.2, 0) is 28.6 Å². The number of esters is 3. The Hall–Kier alpha value is -4.19.